The fraction of sp³-hybridized carbons (Fsp3) is 0.381. The average molecular weight is 317 g/mol. The smallest absolute Gasteiger partial charge is 0.104 e. The predicted molar refractivity (Wildman–Crippen MR) is 98.7 cm³/mol. The van der Waals surface area contributed by atoms with Crippen LogP contribution in [0.25, 0.3) is 0 Å². The van der Waals surface area contributed by atoms with Crippen molar-refractivity contribution < 1.29 is 0 Å². The van der Waals surface area contributed by atoms with E-state index in [1.807, 2.05) is 12.1 Å². The third kappa shape index (κ3) is 2.26. The summed E-state index contributed by atoms with van der Waals surface area (Å²) in [6, 6.07) is 17.6. The van der Waals surface area contributed by atoms with Crippen LogP contribution in [0, 0.1) is 18.3 Å². The number of rotatable bonds is 2. The zero-order valence-electron chi connectivity index (χ0n) is 14.4. The molecular weight excluding hydrogens is 294 g/mol. The molecule has 4 rings (SSSR count). The van der Waals surface area contributed by atoms with Crippen LogP contribution in [0.2, 0.25) is 0 Å². The highest BCUT2D eigenvalue weighted by Crippen LogP contribution is 2.47. The van der Waals surface area contributed by atoms with Crippen LogP contribution < -0.4 is 9.80 Å². The summed E-state index contributed by atoms with van der Waals surface area (Å²) >= 11 is 0. The average Bonchev–Trinajstić information content (AvgIpc) is 3.20. The van der Waals surface area contributed by atoms with Crippen molar-refractivity contribution in [3.63, 3.8) is 0 Å². The van der Waals surface area contributed by atoms with Crippen molar-refractivity contribution in [2.24, 2.45) is 0 Å². The van der Waals surface area contributed by atoms with Gasteiger partial charge in [0, 0.05) is 11.7 Å². The molecule has 1 heterocycles. The van der Waals surface area contributed by atoms with Gasteiger partial charge in [-0.05, 0) is 62.6 Å². The number of anilines is 3. The van der Waals surface area contributed by atoms with Gasteiger partial charge in [0.1, 0.15) is 6.17 Å². The molecule has 1 aliphatic carbocycles. The monoisotopic (exact) mass is 317 g/mol. The van der Waals surface area contributed by atoms with E-state index in [-0.39, 0.29) is 0 Å². The lowest BCUT2D eigenvalue weighted by molar-refractivity contribution is 0.554. The van der Waals surface area contributed by atoms with Crippen LogP contribution in [-0.4, -0.2) is 12.2 Å². The summed E-state index contributed by atoms with van der Waals surface area (Å²) < 4.78 is 0. The maximum Gasteiger partial charge on any atom is 0.104 e. The van der Waals surface area contributed by atoms with Gasteiger partial charge in [-0.25, -0.2) is 0 Å². The Labute approximate surface area is 144 Å². The third-order valence-corrected chi connectivity index (χ3v) is 5.50. The molecule has 2 aliphatic rings. The molecule has 3 heteroatoms. The quantitative estimate of drug-likeness (QED) is 0.770. The lowest BCUT2D eigenvalue weighted by Gasteiger charge is -2.35. The Bertz CT molecular complexity index is 799. The van der Waals surface area contributed by atoms with E-state index < -0.39 is 0 Å². The zero-order chi connectivity index (χ0) is 16.7. The molecule has 0 spiro atoms. The Kier molecular flexibility index (Phi) is 3.69. The van der Waals surface area contributed by atoms with Crippen LogP contribution in [0.5, 0.6) is 0 Å². The fourth-order valence-corrected chi connectivity index (χ4v) is 4.42. The molecule has 3 nitrogen and oxygen atoms in total. The number of aryl methyl sites for hydroxylation is 1. The van der Waals surface area contributed by atoms with Gasteiger partial charge in [-0.15, -0.1) is 0 Å². The first-order valence-corrected chi connectivity index (χ1v) is 8.88. The Morgan fingerprint density at radius 1 is 1.00 bits per heavy atom. The Morgan fingerprint density at radius 2 is 1.71 bits per heavy atom. The summed E-state index contributed by atoms with van der Waals surface area (Å²) in [6.45, 7) is 4.40. The van der Waals surface area contributed by atoms with Gasteiger partial charge < -0.3 is 9.80 Å². The molecule has 0 aromatic heterocycles. The lowest BCUT2D eigenvalue weighted by Crippen LogP contribution is -2.44. The molecular formula is C21H23N3. The van der Waals surface area contributed by atoms with E-state index in [4.69, 9.17) is 5.26 Å². The van der Waals surface area contributed by atoms with Gasteiger partial charge in [0.05, 0.1) is 23.0 Å². The molecule has 0 N–H and O–H groups in total. The Balaban J connectivity index is 1.80. The second-order valence-corrected chi connectivity index (χ2v) is 6.95. The van der Waals surface area contributed by atoms with E-state index in [1.165, 1.54) is 42.7 Å². The number of hydrogen-bond acceptors (Lipinski definition) is 3. The van der Waals surface area contributed by atoms with E-state index in [0.29, 0.717) is 12.2 Å². The van der Waals surface area contributed by atoms with Crippen molar-refractivity contribution in [1.82, 2.24) is 0 Å². The highest BCUT2D eigenvalue weighted by Gasteiger charge is 2.38. The van der Waals surface area contributed by atoms with E-state index in [1.54, 1.807) is 0 Å². The molecule has 1 aliphatic heterocycles. The second-order valence-electron chi connectivity index (χ2n) is 6.95. The highest BCUT2D eigenvalue weighted by molar-refractivity contribution is 5.85. The standard InChI is InChI=1S/C21H23N3/c1-15-13-17(14-22)11-12-19(15)24-16(2)23(18-7-3-4-8-18)20-9-5-6-10-21(20)24/h5-6,9-13,16,18H,3-4,7-8H2,1-2H3/t16-/m1/s1. The van der Waals surface area contributed by atoms with Gasteiger partial charge in [-0.2, -0.15) is 5.26 Å². The van der Waals surface area contributed by atoms with E-state index >= 15 is 0 Å². The first kappa shape index (κ1) is 15.1. The maximum atomic E-state index is 9.14. The van der Waals surface area contributed by atoms with Crippen molar-refractivity contribution in [3.8, 4) is 6.07 Å². The number of hydrogen-bond donors (Lipinski definition) is 0. The van der Waals surface area contributed by atoms with Gasteiger partial charge in [0.2, 0.25) is 0 Å². The first-order chi connectivity index (χ1) is 11.7. The van der Waals surface area contributed by atoms with Crippen molar-refractivity contribution in [3.05, 3.63) is 53.6 Å². The molecule has 0 unspecified atom stereocenters. The predicted octanol–water partition coefficient (Wildman–Crippen LogP) is 5.11. The molecule has 122 valence electrons. The molecule has 1 saturated carbocycles. The molecule has 2 aromatic carbocycles. The number of fused-ring (bicyclic) bond motifs is 1. The summed E-state index contributed by atoms with van der Waals surface area (Å²) in [5, 5.41) is 9.14. The summed E-state index contributed by atoms with van der Waals surface area (Å²) in [5.74, 6) is 0. The van der Waals surface area contributed by atoms with Crippen LogP contribution in [0.4, 0.5) is 17.1 Å². The maximum absolute atomic E-state index is 9.14. The van der Waals surface area contributed by atoms with E-state index in [0.717, 1.165) is 11.1 Å². The minimum Gasteiger partial charge on any atom is -0.346 e. The zero-order valence-corrected chi connectivity index (χ0v) is 14.4. The van der Waals surface area contributed by atoms with Crippen molar-refractivity contribution in [1.29, 1.82) is 5.26 Å². The van der Waals surface area contributed by atoms with Gasteiger partial charge in [0.15, 0.2) is 0 Å². The summed E-state index contributed by atoms with van der Waals surface area (Å²) in [4.78, 5) is 5.05. The second kappa shape index (κ2) is 5.87. The first-order valence-electron chi connectivity index (χ1n) is 8.88. The number of para-hydroxylation sites is 2. The molecule has 2 aromatic rings. The van der Waals surface area contributed by atoms with Gasteiger partial charge >= 0.3 is 0 Å². The number of benzene rings is 2. The summed E-state index contributed by atoms with van der Waals surface area (Å²) in [7, 11) is 0. The summed E-state index contributed by atoms with van der Waals surface area (Å²) in [6.07, 6.45) is 5.56. The molecule has 0 radical (unpaired) electrons. The number of nitriles is 1. The van der Waals surface area contributed by atoms with Gasteiger partial charge in [-0.1, -0.05) is 25.0 Å². The van der Waals surface area contributed by atoms with Crippen LogP contribution in [-0.2, 0) is 0 Å². The molecule has 1 fully saturated rings. The normalized spacial score (nSPS) is 20.3. The Morgan fingerprint density at radius 3 is 2.38 bits per heavy atom. The van der Waals surface area contributed by atoms with Gasteiger partial charge in [-0.3, -0.25) is 0 Å². The Hall–Kier alpha value is -2.47. The fourth-order valence-electron chi connectivity index (χ4n) is 4.42. The van der Waals surface area contributed by atoms with Crippen LogP contribution >= 0.6 is 0 Å². The number of nitrogens with zero attached hydrogens (tertiary/aromatic N) is 3. The topological polar surface area (TPSA) is 30.3 Å². The van der Waals surface area contributed by atoms with Gasteiger partial charge in [0.25, 0.3) is 0 Å². The van der Waals surface area contributed by atoms with Crippen LogP contribution in [0.15, 0.2) is 42.5 Å². The largest absolute Gasteiger partial charge is 0.346 e. The van der Waals surface area contributed by atoms with Crippen molar-refractivity contribution >= 4 is 17.1 Å². The highest BCUT2D eigenvalue weighted by atomic mass is 15.4. The van der Waals surface area contributed by atoms with Crippen LogP contribution in [0.3, 0.4) is 0 Å². The van der Waals surface area contributed by atoms with E-state index in [2.05, 4.69) is 60.0 Å². The molecule has 0 amide bonds. The third-order valence-electron chi connectivity index (χ3n) is 5.50. The SMILES string of the molecule is Cc1cc(C#N)ccc1N1c2ccccc2N(C2CCCC2)[C@H]1C. The van der Waals surface area contributed by atoms with Crippen LogP contribution in [0.1, 0.15) is 43.7 Å². The molecule has 0 bridgehead atoms. The minimum atomic E-state index is 0.303. The molecule has 1 atom stereocenters. The minimum absolute atomic E-state index is 0.303. The molecule has 24 heavy (non-hydrogen) atoms. The molecule has 0 saturated heterocycles. The van der Waals surface area contributed by atoms with Crippen molar-refractivity contribution in [2.45, 2.75) is 51.7 Å². The van der Waals surface area contributed by atoms with E-state index in [9.17, 15) is 0 Å². The lowest BCUT2D eigenvalue weighted by atomic mass is 10.1. The summed E-state index contributed by atoms with van der Waals surface area (Å²) in [5.41, 5.74) is 5.72. The van der Waals surface area contributed by atoms with Crippen molar-refractivity contribution in [2.75, 3.05) is 9.80 Å².